The van der Waals surface area contributed by atoms with Gasteiger partial charge < -0.3 is 5.32 Å². The molecule has 142 valence electrons. The van der Waals surface area contributed by atoms with Crippen molar-refractivity contribution in [2.75, 3.05) is 18.4 Å². The summed E-state index contributed by atoms with van der Waals surface area (Å²) < 4.78 is 29.3. The van der Waals surface area contributed by atoms with E-state index in [9.17, 15) is 8.42 Å². The number of rotatable bonds is 7. The molecule has 0 amide bonds. The van der Waals surface area contributed by atoms with Gasteiger partial charge in [-0.25, -0.2) is 17.8 Å². The van der Waals surface area contributed by atoms with E-state index in [-0.39, 0.29) is 6.54 Å². The Kier molecular flexibility index (Phi) is 5.52. The Morgan fingerprint density at radius 3 is 2.44 bits per heavy atom. The fourth-order valence-electron chi connectivity index (χ4n) is 2.62. The molecule has 0 fully saturated rings. The molecule has 27 heavy (non-hydrogen) atoms. The fraction of sp³-hybridized carbons (Fsp3) is 0.278. The summed E-state index contributed by atoms with van der Waals surface area (Å²) in [6.45, 7) is 6.29. The second-order valence-electron chi connectivity index (χ2n) is 6.25. The Morgan fingerprint density at radius 1 is 1.00 bits per heavy atom. The Labute approximate surface area is 158 Å². The SMILES string of the molecule is Cc1cc(C)c(S(=O)(=O)NCCNc2ccc(-n3cccn3)nn2)cc1C. The summed E-state index contributed by atoms with van der Waals surface area (Å²) >= 11 is 0. The van der Waals surface area contributed by atoms with E-state index in [1.807, 2.05) is 19.9 Å². The van der Waals surface area contributed by atoms with Crippen molar-refractivity contribution in [1.29, 1.82) is 0 Å². The number of nitrogens with zero attached hydrogens (tertiary/aromatic N) is 4. The van der Waals surface area contributed by atoms with Crippen LogP contribution in [-0.2, 0) is 10.0 Å². The molecule has 0 radical (unpaired) electrons. The Bertz CT molecular complexity index is 1010. The van der Waals surface area contributed by atoms with Crippen LogP contribution in [0.5, 0.6) is 0 Å². The standard InChI is InChI=1S/C18H22N6O2S/c1-13-11-15(3)16(12-14(13)2)27(25,26)21-9-8-19-17-5-6-18(23-22-17)24-10-4-7-20-24/h4-7,10-12,21H,8-9H2,1-3H3,(H,19,22). The topological polar surface area (TPSA) is 102 Å². The second-order valence-corrected chi connectivity index (χ2v) is 7.99. The van der Waals surface area contributed by atoms with E-state index in [0.717, 1.165) is 16.7 Å². The summed E-state index contributed by atoms with van der Waals surface area (Å²) in [7, 11) is -3.56. The van der Waals surface area contributed by atoms with Crippen molar-refractivity contribution in [3.63, 3.8) is 0 Å². The van der Waals surface area contributed by atoms with Crippen molar-refractivity contribution in [2.45, 2.75) is 25.7 Å². The summed E-state index contributed by atoms with van der Waals surface area (Å²) in [4.78, 5) is 0.314. The van der Waals surface area contributed by atoms with Gasteiger partial charge in [0.1, 0.15) is 5.82 Å². The van der Waals surface area contributed by atoms with Crippen LogP contribution < -0.4 is 10.0 Å². The van der Waals surface area contributed by atoms with Gasteiger partial charge in [0, 0.05) is 25.5 Å². The highest BCUT2D eigenvalue weighted by Gasteiger charge is 2.17. The van der Waals surface area contributed by atoms with Gasteiger partial charge in [-0.3, -0.25) is 0 Å². The number of nitrogens with one attached hydrogen (secondary N) is 2. The molecule has 0 aliphatic heterocycles. The monoisotopic (exact) mass is 386 g/mol. The minimum absolute atomic E-state index is 0.233. The summed E-state index contributed by atoms with van der Waals surface area (Å²) in [5, 5.41) is 15.3. The lowest BCUT2D eigenvalue weighted by atomic mass is 10.1. The lowest BCUT2D eigenvalue weighted by molar-refractivity contribution is 0.582. The molecular weight excluding hydrogens is 364 g/mol. The predicted molar refractivity (Wildman–Crippen MR) is 103 cm³/mol. The van der Waals surface area contributed by atoms with Crippen LogP contribution in [0.1, 0.15) is 16.7 Å². The van der Waals surface area contributed by atoms with Gasteiger partial charge in [-0.15, -0.1) is 10.2 Å². The maximum Gasteiger partial charge on any atom is 0.240 e. The second kappa shape index (κ2) is 7.85. The Balaban J connectivity index is 1.56. The average Bonchev–Trinajstić information content (AvgIpc) is 3.17. The predicted octanol–water partition coefficient (Wildman–Crippen LogP) is 1.98. The third kappa shape index (κ3) is 4.50. The van der Waals surface area contributed by atoms with Gasteiger partial charge >= 0.3 is 0 Å². The number of hydrogen-bond acceptors (Lipinski definition) is 6. The zero-order valence-electron chi connectivity index (χ0n) is 15.5. The van der Waals surface area contributed by atoms with E-state index in [0.29, 0.717) is 23.1 Å². The molecular formula is C18H22N6O2S. The van der Waals surface area contributed by atoms with Crippen molar-refractivity contribution in [1.82, 2.24) is 24.7 Å². The van der Waals surface area contributed by atoms with Crippen LogP contribution in [0.25, 0.3) is 5.82 Å². The number of hydrogen-bond donors (Lipinski definition) is 2. The van der Waals surface area contributed by atoms with Crippen molar-refractivity contribution >= 4 is 15.8 Å². The van der Waals surface area contributed by atoms with E-state index in [2.05, 4.69) is 25.3 Å². The molecule has 8 nitrogen and oxygen atoms in total. The lowest BCUT2D eigenvalue weighted by Crippen LogP contribution is -2.29. The molecule has 3 rings (SSSR count). The molecule has 0 atom stereocenters. The van der Waals surface area contributed by atoms with Crippen LogP contribution in [0.3, 0.4) is 0 Å². The molecule has 2 aromatic heterocycles. The van der Waals surface area contributed by atoms with Gasteiger partial charge in [0.2, 0.25) is 10.0 Å². The van der Waals surface area contributed by atoms with E-state index >= 15 is 0 Å². The first-order valence-electron chi connectivity index (χ1n) is 8.52. The van der Waals surface area contributed by atoms with Gasteiger partial charge in [0.15, 0.2) is 5.82 Å². The van der Waals surface area contributed by atoms with Gasteiger partial charge in [-0.2, -0.15) is 5.10 Å². The number of aromatic nitrogens is 4. The number of sulfonamides is 1. The largest absolute Gasteiger partial charge is 0.367 e. The van der Waals surface area contributed by atoms with E-state index in [4.69, 9.17) is 0 Å². The summed E-state index contributed by atoms with van der Waals surface area (Å²) in [6.07, 6.45) is 3.44. The first kappa shape index (κ1) is 19.0. The lowest BCUT2D eigenvalue weighted by Gasteiger charge is -2.12. The van der Waals surface area contributed by atoms with Gasteiger partial charge in [-0.05, 0) is 61.7 Å². The third-order valence-electron chi connectivity index (χ3n) is 4.19. The van der Waals surface area contributed by atoms with Crippen LogP contribution in [0.15, 0.2) is 47.6 Å². The Morgan fingerprint density at radius 2 is 1.78 bits per heavy atom. The quantitative estimate of drug-likeness (QED) is 0.602. The number of aryl methyl sites for hydroxylation is 3. The maximum absolute atomic E-state index is 12.5. The summed E-state index contributed by atoms with van der Waals surface area (Å²) in [6, 6.07) is 8.95. The summed E-state index contributed by atoms with van der Waals surface area (Å²) in [5.41, 5.74) is 2.76. The first-order chi connectivity index (χ1) is 12.9. The normalized spacial score (nSPS) is 11.5. The fourth-order valence-corrected chi connectivity index (χ4v) is 3.96. The third-order valence-corrected chi connectivity index (χ3v) is 5.80. The molecule has 0 unspecified atom stereocenters. The molecule has 2 heterocycles. The minimum Gasteiger partial charge on any atom is -0.367 e. The molecule has 2 N–H and O–H groups in total. The Hall–Kier alpha value is -2.78. The van der Waals surface area contributed by atoms with Crippen molar-refractivity contribution in [3.8, 4) is 5.82 Å². The number of benzene rings is 1. The average molecular weight is 386 g/mol. The van der Waals surface area contributed by atoms with Crippen molar-refractivity contribution in [3.05, 3.63) is 59.4 Å². The first-order valence-corrected chi connectivity index (χ1v) is 10.0. The summed E-state index contributed by atoms with van der Waals surface area (Å²) in [5.74, 6) is 1.17. The van der Waals surface area contributed by atoms with Crippen LogP contribution in [0, 0.1) is 20.8 Å². The van der Waals surface area contributed by atoms with E-state index in [1.54, 1.807) is 48.3 Å². The van der Waals surface area contributed by atoms with Gasteiger partial charge in [-0.1, -0.05) is 6.07 Å². The van der Waals surface area contributed by atoms with Crippen LogP contribution >= 0.6 is 0 Å². The highest BCUT2D eigenvalue weighted by atomic mass is 32.2. The van der Waals surface area contributed by atoms with E-state index < -0.39 is 10.0 Å². The van der Waals surface area contributed by atoms with Gasteiger partial charge in [0.25, 0.3) is 0 Å². The molecule has 3 aromatic rings. The maximum atomic E-state index is 12.5. The van der Waals surface area contributed by atoms with Crippen molar-refractivity contribution < 1.29 is 8.42 Å². The number of anilines is 1. The van der Waals surface area contributed by atoms with Crippen molar-refractivity contribution in [2.24, 2.45) is 0 Å². The zero-order chi connectivity index (χ0) is 19.4. The zero-order valence-corrected chi connectivity index (χ0v) is 16.3. The smallest absolute Gasteiger partial charge is 0.240 e. The molecule has 1 aromatic carbocycles. The molecule has 0 bridgehead atoms. The van der Waals surface area contributed by atoms with Crippen LogP contribution in [-0.4, -0.2) is 41.5 Å². The molecule has 0 aliphatic carbocycles. The van der Waals surface area contributed by atoms with Gasteiger partial charge in [0.05, 0.1) is 4.90 Å². The minimum atomic E-state index is -3.56. The molecule has 0 spiro atoms. The molecule has 0 saturated carbocycles. The van der Waals surface area contributed by atoms with E-state index in [1.165, 1.54) is 0 Å². The van der Waals surface area contributed by atoms with Crippen LogP contribution in [0.4, 0.5) is 5.82 Å². The highest BCUT2D eigenvalue weighted by Crippen LogP contribution is 2.19. The molecule has 9 heteroatoms. The highest BCUT2D eigenvalue weighted by molar-refractivity contribution is 7.89. The van der Waals surface area contributed by atoms with Crippen LogP contribution in [0.2, 0.25) is 0 Å². The molecule has 0 aliphatic rings. The molecule has 0 saturated heterocycles.